The number of rotatable bonds is 9. The molecule has 4 rings (SSSR count). The summed E-state index contributed by atoms with van der Waals surface area (Å²) in [6, 6.07) is 16.1. The molecule has 1 aliphatic carbocycles. The molecule has 1 saturated heterocycles. The number of amides is 2. The summed E-state index contributed by atoms with van der Waals surface area (Å²) >= 11 is 0. The molecule has 0 saturated carbocycles. The number of carbonyl (C=O) groups is 2. The maximum absolute atomic E-state index is 13.6. The van der Waals surface area contributed by atoms with Crippen LogP contribution in [0.4, 0.5) is 5.69 Å². The predicted octanol–water partition coefficient (Wildman–Crippen LogP) is 5.10. The number of nitrogens with zero attached hydrogens (tertiary/aromatic N) is 1. The van der Waals surface area contributed by atoms with E-state index in [4.69, 9.17) is 0 Å². The van der Waals surface area contributed by atoms with Gasteiger partial charge in [0, 0.05) is 11.5 Å². The third-order valence-electron chi connectivity index (χ3n) is 7.88. The SMILES string of the molecule is CC/C(=C\c1ccccc1O)CC[C@@H](O)C1=C(C(C)C)C[C@H]2C(=O)N(c3ccccc3)C(=O)[C@H]2[C@H]1CO. The average molecular weight is 504 g/mol. The zero-order valence-electron chi connectivity index (χ0n) is 21.8. The molecule has 2 aromatic carbocycles. The standard InChI is InChI=1S/C31H37NO5/c1-4-20(16-21-10-8-9-13-26(21)34)14-15-27(35)28-23(19(2)3)17-24-29(25(28)18-33)31(37)32(30(24)36)22-11-6-5-7-12-22/h5-13,16,19,24-25,27,29,33-35H,4,14-15,17-18H2,1-3H3/b20-16+/t24-,25+,27-,29-/m1/s1. The number of hydrogen-bond donors (Lipinski definition) is 3. The molecule has 1 fully saturated rings. The molecule has 0 spiro atoms. The minimum Gasteiger partial charge on any atom is -0.507 e. The highest BCUT2D eigenvalue weighted by Gasteiger charge is 2.55. The van der Waals surface area contributed by atoms with E-state index in [1.165, 1.54) is 4.90 Å². The number of carbonyl (C=O) groups excluding carboxylic acids is 2. The number of para-hydroxylation sites is 2. The third-order valence-corrected chi connectivity index (χ3v) is 7.88. The fraction of sp³-hybridized carbons (Fsp3) is 0.419. The number of imide groups is 1. The van der Waals surface area contributed by atoms with Crippen molar-refractivity contribution in [1.29, 1.82) is 0 Å². The number of anilines is 1. The van der Waals surface area contributed by atoms with Gasteiger partial charge in [0.15, 0.2) is 0 Å². The molecule has 2 aromatic rings. The van der Waals surface area contributed by atoms with Crippen molar-refractivity contribution in [3.8, 4) is 5.75 Å². The molecule has 1 aliphatic heterocycles. The van der Waals surface area contributed by atoms with Gasteiger partial charge < -0.3 is 15.3 Å². The first-order valence-electron chi connectivity index (χ1n) is 13.2. The van der Waals surface area contributed by atoms with Gasteiger partial charge in [-0.2, -0.15) is 0 Å². The minimum absolute atomic E-state index is 0.0655. The Balaban J connectivity index is 1.62. The molecule has 0 aromatic heterocycles. The normalized spacial score (nSPS) is 23.1. The Morgan fingerprint density at radius 2 is 1.73 bits per heavy atom. The van der Waals surface area contributed by atoms with Crippen LogP contribution in [0.15, 0.2) is 71.3 Å². The number of phenols is 1. The van der Waals surface area contributed by atoms with E-state index in [9.17, 15) is 24.9 Å². The quantitative estimate of drug-likeness (QED) is 0.327. The van der Waals surface area contributed by atoms with Crippen molar-refractivity contribution in [3.63, 3.8) is 0 Å². The molecule has 4 atom stereocenters. The largest absolute Gasteiger partial charge is 0.507 e. The first kappa shape index (κ1) is 26.8. The Kier molecular flexibility index (Phi) is 8.30. The van der Waals surface area contributed by atoms with Gasteiger partial charge >= 0.3 is 0 Å². The van der Waals surface area contributed by atoms with Gasteiger partial charge in [0.25, 0.3) is 0 Å². The van der Waals surface area contributed by atoms with Crippen LogP contribution in [0.2, 0.25) is 0 Å². The lowest BCUT2D eigenvalue weighted by molar-refractivity contribution is -0.123. The number of aliphatic hydroxyl groups excluding tert-OH is 2. The van der Waals surface area contributed by atoms with Crippen LogP contribution in [0.1, 0.15) is 52.0 Å². The van der Waals surface area contributed by atoms with Crippen LogP contribution in [0.5, 0.6) is 5.75 Å². The van der Waals surface area contributed by atoms with E-state index in [2.05, 4.69) is 0 Å². The molecule has 0 unspecified atom stereocenters. The van der Waals surface area contributed by atoms with Gasteiger partial charge in [-0.05, 0) is 55.4 Å². The van der Waals surface area contributed by atoms with E-state index in [1.807, 2.05) is 45.0 Å². The van der Waals surface area contributed by atoms with Crippen molar-refractivity contribution in [1.82, 2.24) is 0 Å². The number of allylic oxidation sites excluding steroid dienone is 2. The summed E-state index contributed by atoms with van der Waals surface area (Å²) in [6.07, 6.45) is 3.32. The van der Waals surface area contributed by atoms with Gasteiger partial charge in [0.2, 0.25) is 11.8 Å². The average Bonchev–Trinajstić information content (AvgIpc) is 3.15. The van der Waals surface area contributed by atoms with Crippen LogP contribution in [0, 0.1) is 23.7 Å². The van der Waals surface area contributed by atoms with Gasteiger partial charge in [0.05, 0.1) is 30.2 Å². The summed E-state index contributed by atoms with van der Waals surface area (Å²) in [5, 5.41) is 32.1. The van der Waals surface area contributed by atoms with Gasteiger partial charge in [0.1, 0.15) is 5.75 Å². The number of fused-ring (bicyclic) bond motifs is 1. The number of phenolic OH excluding ortho intramolecular Hbond substituents is 1. The van der Waals surface area contributed by atoms with Gasteiger partial charge in [-0.1, -0.05) is 74.4 Å². The van der Waals surface area contributed by atoms with E-state index in [-0.39, 0.29) is 30.1 Å². The molecular weight excluding hydrogens is 466 g/mol. The highest BCUT2D eigenvalue weighted by Crippen LogP contribution is 2.48. The molecule has 0 bridgehead atoms. The van der Waals surface area contributed by atoms with Crippen molar-refractivity contribution in [2.45, 2.75) is 52.6 Å². The molecule has 196 valence electrons. The molecule has 3 N–H and O–H groups in total. The van der Waals surface area contributed by atoms with Crippen LogP contribution in [0.25, 0.3) is 6.08 Å². The van der Waals surface area contributed by atoms with Crippen molar-refractivity contribution in [2.24, 2.45) is 23.7 Å². The second kappa shape index (κ2) is 11.4. The lowest BCUT2D eigenvalue weighted by Crippen LogP contribution is -2.39. The van der Waals surface area contributed by atoms with E-state index in [0.717, 1.165) is 23.1 Å². The summed E-state index contributed by atoms with van der Waals surface area (Å²) in [5.74, 6) is -2.09. The van der Waals surface area contributed by atoms with Crippen LogP contribution >= 0.6 is 0 Å². The lowest BCUT2D eigenvalue weighted by Gasteiger charge is -2.38. The molecular formula is C31H37NO5. The molecule has 1 heterocycles. The van der Waals surface area contributed by atoms with E-state index in [0.29, 0.717) is 30.5 Å². The van der Waals surface area contributed by atoms with Crippen molar-refractivity contribution < 1.29 is 24.9 Å². The fourth-order valence-electron chi connectivity index (χ4n) is 5.93. The fourth-order valence-corrected chi connectivity index (χ4v) is 5.93. The first-order valence-corrected chi connectivity index (χ1v) is 13.2. The van der Waals surface area contributed by atoms with Crippen LogP contribution in [0.3, 0.4) is 0 Å². The molecule has 2 amide bonds. The highest BCUT2D eigenvalue weighted by molar-refractivity contribution is 6.22. The Labute approximate surface area is 218 Å². The zero-order chi connectivity index (χ0) is 26.7. The number of aliphatic hydroxyl groups is 2. The van der Waals surface area contributed by atoms with Gasteiger partial charge in [-0.15, -0.1) is 0 Å². The summed E-state index contributed by atoms with van der Waals surface area (Å²) in [4.78, 5) is 28.3. The number of hydrogen-bond acceptors (Lipinski definition) is 5. The maximum atomic E-state index is 13.6. The van der Waals surface area contributed by atoms with E-state index in [1.54, 1.807) is 36.4 Å². The Morgan fingerprint density at radius 3 is 2.35 bits per heavy atom. The summed E-state index contributed by atoms with van der Waals surface area (Å²) in [6.45, 7) is 5.80. The summed E-state index contributed by atoms with van der Waals surface area (Å²) in [5.41, 5.74) is 4.04. The van der Waals surface area contributed by atoms with Crippen molar-refractivity contribution >= 4 is 23.6 Å². The maximum Gasteiger partial charge on any atom is 0.238 e. The Hall–Kier alpha value is -3.22. The topological polar surface area (TPSA) is 98.1 Å². The van der Waals surface area contributed by atoms with E-state index < -0.39 is 23.9 Å². The van der Waals surface area contributed by atoms with Crippen LogP contribution < -0.4 is 4.90 Å². The zero-order valence-corrected chi connectivity index (χ0v) is 21.8. The smallest absolute Gasteiger partial charge is 0.238 e. The van der Waals surface area contributed by atoms with Crippen LogP contribution in [-0.2, 0) is 9.59 Å². The molecule has 6 heteroatoms. The lowest BCUT2D eigenvalue weighted by atomic mass is 9.66. The minimum atomic E-state index is -0.844. The molecule has 0 radical (unpaired) electrons. The first-order chi connectivity index (χ1) is 17.8. The monoisotopic (exact) mass is 503 g/mol. The third kappa shape index (κ3) is 5.27. The molecule has 6 nitrogen and oxygen atoms in total. The molecule has 2 aliphatic rings. The van der Waals surface area contributed by atoms with E-state index >= 15 is 0 Å². The summed E-state index contributed by atoms with van der Waals surface area (Å²) < 4.78 is 0. The Bertz CT molecular complexity index is 1200. The number of benzene rings is 2. The van der Waals surface area contributed by atoms with Gasteiger partial charge in [-0.25, -0.2) is 0 Å². The second-order valence-corrected chi connectivity index (χ2v) is 10.4. The summed E-state index contributed by atoms with van der Waals surface area (Å²) in [7, 11) is 0. The van der Waals surface area contributed by atoms with Crippen LogP contribution in [-0.4, -0.2) is 39.8 Å². The molecule has 37 heavy (non-hydrogen) atoms. The van der Waals surface area contributed by atoms with Crippen molar-refractivity contribution in [2.75, 3.05) is 11.5 Å². The van der Waals surface area contributed by atoms with Crippen molar-refractivity contribution in [3.05, 3.63) is 76.9 Å². The highest BCUT2D eigenvalue weighted by atomic mass is 16.3. The van der Waals surface area contributed by atoms with Gasteiger partial charge in [-0.3, -0.25) is 14.5 Å². The predicted molar refractivity (Wildman–Crippen MR) is 145 cm³/mol. The Morgan fingerprint density at radius 1 is 1.05 bits per heavy atom. The second-order valence-electron chi connectivity index (χ2n) is 10.4. The number of aromatic hydroxyl groups is 1.